The van der Waals surface area contributed by atoms with Gasteiger partial charge in [0.1, 0.15) is 11.6 Å². The number of amides is 2. The van der Waals surface area contributed by atoms with Crippen molar-refractivity contribution >= 4 is 34.3 Å². The van der Waals surface area contributed by atoms with Crippen LogP contribution < -0.4 is 5.32 Å². The first-order chi connectivity index (χ1) is 12.5. The summed E-state index contributed by atoms with van der Waals surface area (Å²) in [6, 6.07) is 10.8. The highest BCUT2D eigenvalue weighted by Gasteiger charge is 2.43. The summed E-state index contributed by atoms with van der Waals surface area (Å²) in [7, 11) is 1.75. The average Bonchev–Trinajstić information content (AvgIpc) is 3.34. The van der Waals surface area contributed by atoms with Crippen molar-refractivity contribution in [2.45, 2.75) is 25.4 Å². The molecular weight excluding hydrogens is 350 g/mol. The number of nitrogens with zero attached hydrogens (tertiary/aromatic N) is 2. The third-order valence-electron chi connectivity index (χ3n) is 4.80. The molecule has 3 aromatic rings. The Labute approximate surface area is 154 Å². The number of thiophene rings is 1. The van der Waals surface area contributed by atoms with E-state index in [1.165, 1.54) is 0 Å². The summed E-state index contributed by atoms with van der Waals surface area (Å²) >= 11 is 1.56. The minimum atomic E-state index is -0.419. The van der Waals surface area contributed by atoms with Crippen molar-refractivity contribution in [2.75, 3.05) is 7.05 Å². The van der Waals surface area contributed by atoms with Crippen LogP contribution in [-0.4, -0.2) is 28.7 Å². The van der Waals surface area contributed by atoms with Crippen LogP contribution in [0.3, 0.4) is 0 Å². The summed E-state index contributed by atoms with van der Waals surface area (Å²) in [4.78, 5) is 32.2. The molecule has 1 aromatic carbocycles. The molecule has 3 atom stereocenters. The van der Waals surface area contributed by atoms with Gasteiger partial charge >= 0.3 is 0 Å². The molecule has 3 unspecified atom stereocenters. The number of nitrogens with one attached hydrogen (secondary N) is 1. The van der Waals surface area contributed by atoms with E-state index in [2.05, 4.69) is 10.3 Å². The summed E-state index contributed by atoms with van der Waals surface area (Å²) in [5.41, 5.74) is 1.45. The third-order valence-corrected chi connectivity index (χ3v) is 5.74. The Hall–Kier alpha value is -2.67. The minimum absolute atomic E-state index is 0.0157. The molecule has 3 heterocycles. The smallest absolute Gasteiger partial charge is 0.226 e. The maximum atomic E-state index is 12.9. The van der Waals surface area contributed by atoms with E-state index < -0.39 is 5.92 Å². The van der Waals surface area contributed by atoms with Crippen LogP contribution in [0.2, 0.25) is 0 Å². The van der Waals surface area contributed by atoms with E-state index in [-0.39, 0.29) is 30.3 Å². The number of aromatic nitrogens is 1. The molecule has 4 rings (SSSR count). The number of carbonyl (C=O) groups is 2. The van der Waals surface area contributed by atoms with Crippen LogP contribution in [0, 0.1) is 5.92 Å². The second-order valence-corrected chi connectivity index (χ2v) is 7.50. The van der Waals surface area contributed by atoms with E-state index in [4.69, 9.17) is 4.42 Å². The summed E-state index contributed by atoms with van der Waals surface area (Å²) in [6.45, 7) is 1.84. The van der Waals surface area contributed by atoms with Crippen LogP contribution in [0.15, 0.2) is 46.2 Å². The topological polar surface area (TPSA) is 75.4 Å². The quantitative estimate of drug-likeness (QED) is 0.766. The van der Waals surface area contributed by atoms with Gasteiger partial charge < -0.3 is 14.6 Å². The summed E-state index contributed by atoms with van der Waals surface area (Å²) in [5.74, 6) is -0.128. The number of hydrogen-bond acceptors (Lipinski definition) is 5. The van der Waals surface area contributed by atoms with Crippen molar-refractivity contribution in [3.8, 4) is 0 Å². The number of para-hydroxylation sites is 2. The molecule has 26 heavy (non-hydrogen) atoms. The van der Waals surface area contributed by atoms with Crippen LogP contribution in [0.4, 0.5) is 0 Å². The molecule has 2 amide bonds. The van der Waals surface area contributed by atoms with Gasteiger partial charge in [-0.15, -0.1) is 11.3 Å². The van der Waals surface area contributed by atoms with Gasteiger partial charge in [0.05, 0.1) is 12.0 Å². The molecule has 1 aliphatic rings. The van der Waals surface area contributed by atoms with Crippen molar-refractivity contribution in [3.63, 3.8) is 0 Å². The second kappa shape index (κ2) is 6.57. The monoisotopic (exact) mass is 369 g/mol. The van der Waals surface area contributed by atoms with E-state index in [0.29, 0.717) is 11.5 Å². The van der Waals surface area contributed by atoms with Gasteiger partial charge in [0.15, 0.2) is 5.58 Å². The number of fused-ring (bicyclic) bond motifs is 1. The van der Waals surface area contributed by atoms with Gasteiger partial charge in [-0.3, -0.25) is 9.59 Å². The van der Waals surface area contributed by atoms with Gasteiger partial charge in [-0.25, -0.2) is 4.98 Å². The van der Waals surface area contributed by atoms with Crippen LogP contribution in [0.25, 0.3) is 11.1 Å². The number of carbonyl (C=O) groups excluding carboxylic acids is 2. The van der Waals surface area contributed by atoms with Crippen LogP contribution >= 0.6 is 11.3 Å². The molecule has 0 radical (unpaired) electrons. The van der Waals surface area contributed by atoms with E-state index in [9.17, 15) is 9.59 Å². The number of oxazole rings is 1. The highest BCUT2D eigenvalue weighted by molar-refractivity contribution is 7.10. The van der Waals surface area contributed by atoms with E-state index in [1.807, 2.05) is 48.7 Å². The Balaban J connectivity index is 1.54. The lowest BCUT2D eigenvalue weighted by molar-refractivity contribution is -0.128. The molecule has 1 N–H and O–H groups in total. The Morgan fingerprint density at radius 3 is 2.88 bits per heavy atom. The van der Waals surface area contributed by atoms with Crippen LogP contribution in [0.1, 0.15) is 36.2 Å². The van der Waals surface area contributed by atoms with E-state index in [0.717, 1.165) is 10.4 Å². The Morgan fingerprint density at radius 1 is 1.35 bits per heavy atom. The number of benzene rings is 1. The predicted molar refractivity (Wildman–Crippen MR) is 98.5 cm³/mol. The Kier molecular flexibility index (Phi) is 4.24. The third kappa shape index (κ3) is 2.88. The Morgan fingerprint density at radius 2 is 2.15 bits per heavy atom. The fraction of sp³-hybridized carbons (Fsp3) is 0.316. The predicted octanol–water partition coefficient (Wildman–Crippen LogP) is 3.29. The van der Waals surface area contributed by atoms with Crippen molar-refractivity contribution in [2.24, 2.45) is 5.92 Å². The van der Waals surface area contributed by atoms with Crippen molar-refractivity contribution < 1.29 is 14.0 Å². The fourth-order valence-corrected chi connectivity index (χ4v) is 4.34. The molecule has 0 aliphatic carbocycles. The zero-order chi connectivity index (χ0) is 18.3. The van der Waals surface area contributed by atoms with Crippen LogP contribution in [0.5, 0.6) is 0 Å². The zero-order valence-corrected chi connectivity index (χ0v) is 15.3. The first-order valence-corrected chi connectivity index (χ1v) is 9.37. The van der Waals surface area contributed by atoms with Gasteiger partial charge in [-0.2, -0.15) is 0 Å². The lowest BCUT2D eigenvalue weighted by Gasteiger charge is -2.24. The van der Waals surface area contributed by atoms with Gasteiger partial charge in [0, 0.05) is 18.3 Å². The molecule has 134 valence electrons. The maximum absolute atomic E-state index is 12.9. The normalized spacial score (nSPS) is 21.3. The van der Waals surface area contributed by atoms with Gasteiger partial charge in [0.2, 0.25) is 17.7 Å². The van der Waals surface area contributed by atoms with E-state index >= 15 is 0 Å². The van der Waals surface area contributed by atoms with Gasteiger partial charge in [-0.05, 0) is 30.5 Å². The molecule has 2 aromatic heterocycles. The summed E-state index contributed by atoms with van der Waals surface area (Å²) in [5, 5.41) is 4.92. The molecule has 0 saturated carbocycles. The van der Waals surface area contributed by atoms with Gasteiger partial charge in [-0.1, -0.05) is 18.2 Å². The summed E-state index contributed by atoms with van der Waals surface area (Å²) < 4.78 is 5.73. The van der Waals surface area contributed by atoms with Gasteiger partial charge in [0.25, 0.3) is 0 Å². The molecule has 1 fully saturated rings. The molecule has 0 bridgehead atoms. The molecule has 1 saturated heterocycles. The minimum Gasteiger partial charge on any atom is -0.438 e. The average molecular weight is 369 g/mol. The fourth-order valence-electron chi connectivity index (χ4n) is 3.41. The first kappa shape index (κ1) is 16.8. The standard InChI is InChI=1S/C19H19N3O3S/c1-11(19-21-13-6-3-4-7-14(13)25-19)20-18(24)12-10-16(23)22(2)17(12)15-8-5-9-26-15/h3-9,11-12,17H,10H2,1-2H3,(H,20,24). The second-order valence-electron chi connectivity index (χ2n) is 6.53. The molecule has 0 spiro atoms. The zero-order valence-electron chi connectivity index (χ0n) is 14.5. The van der Waals surface area contributed by atoms with E-state index in [1.54, 1.807) is 23.3 Å². The number of likely N-dealkylation sites (tertiary alicyclic amines) is 1. The molecule has 6 nitrogen and oxygen atoms in total. The number of hydrogen-bond donors (Lipinski definition) is 1. The SMILES string of the molecule is CC(NC(=O)C1CC(=O)N(C)C1c1cccs1)c1nc2ccccc2o1. The largest absolute Gasteiger partial charge is 0.438 e. The van der Waals surface area contributed by atoms with Crippen LogP contribution in [-0.2, 0) is 9.59 Å². The van der Waals surface area contributed by atoms with Crippen molar-refractivity contribution in [1.29, 1.82) is 0 Å². The van der Waals surface area contributed by atoms with Crippen molar-refractivity contribution in [1.82, 2.24) is 15.2 Å². The lowest BCUT2D eigenvalue weighted by Crippen LogP contribution is -2.35. The molecular formula is C19H19N3O3S. The molecule has 7 heteroatoms. The first-order valence-electron chi connectivity index (χ1n) is 8.49. The highest BCUT2D eigenvalue weighted by atomic mass is 32.1. The Bertz CT molecular complexity index is 917. The summed E-state index contributed by atoms with van der Waals surface area (Å²) in [6.07, 6.45) is 0.213. The number of rotatable bonds is 4. The highest BCUT2D eigenvalue weighted by Crippen LogP contribution is 2.39. The van der Waals surface area contributed by atoms with Crippen molar-refractivity contribution in [3.05, 3.63) is 52.5 Å². The maximum Gasteiger partial charge on any atom is 0.226 e. The molecule has 1 aliphatic heterocycles. The lowest BCUT2D eigenvalue weighted by atomic mass is 9.97.